The fourth-order valence-corrected chi connectivity index (χ4v) is 2.47. The van der Waals surface area contributed by atoms with Crippen molar-refractivity contribution in [3.63, 3.8) is 0 Å². The summed E-state index contributed by atoms with van der Waals surface area (Å²) in [5.74, 6) is 0. The van der Waals surface area contributed by atoms with E-state index in [-0.39, 0.29) is 6.03 Å². The largest absolute Gasteiger partial charge is 0.399 e. The Morgan fingerprint density at radius 1 is 1.58 bits per heavy atom. The molecule has 1 aromatic heterocycles. The smallest absolute Gasteiger partial charge is 0.321 e. The van der Waals surface area contributed by atoms with Gasteiger partial charge >= 0.3 is 6.03 Å². The normalized spacial score (nSPS) is 10.8. The van der Waals surface area contributed by atoms with Gasteiger partial charge in [-0.2, -0.15) is 0 Å². The van der Waals surface area contributed by atoms with E-state index in [9.17, 15) is 4.79 Å². The number of carbonyl (C=O) groups is 1. The van der Waals surface area contributed by atoms with E-state index in [1.807, 2.05) is 25.1 Å². The Morgan fingerprint density at radius 2 is 2.42 bits per heavy atom. The zero-order valence-electron chi connectivity index (χ0n) is 10.6. The highest BCUT2D eigenvalue weighted by atomic mass is 32.1. The molecule has 0 aliphatic heterocycles. The Kier molecular flexibility index (Phi) is 4.30. The lowest BCUT2D eigenvalue weighted by Gasteiger charge is -2.00. The maximum absolute atomic E-state index is 11.4. The van der Waals surface area contributed by atoms with E-state index in [1.54, 1.807) is 6.21 Å². The number of nitrogens with one attached hydrogen (secondary N) is 2. The topological polar surface area (TPSA) is 75.6 Å². The fourth-order valence-electron chi connectivity index (χ4n) is 1.54. The minimum absolute atomic E-state index is 0.256. The van der Waals surface area contributed by atoms with Crippen LogP contribution in [0.5, 0.6) is 0 Å². The monoisotopic (exact) mass is 278 g/mol. The third kappa shape index (κ3) is 3.19. The van der Waals surface area contributed by atoms with Gasteiger partial charge in [0.15, 0.2) is 5.13 Å². The molecule has 0 fully saturated rings. The lowest BCUT2D eigenvalue weighted by Crippen LogP contribution is -2.28. The number of carbonyl (C=O) groups excluding carboxylic acids is 1. The van der Waals surface area contributed by atoms with E-state index in [4.69, 9.17) is 0 Å². The molecule has 1 heterocycles. The summed E-state index contributed by atoms with van der Waals surface area (Å²) >= 11 is 1.40. The zero-order chi connectivity index (χ0) is 13.7. The highest BCUT2D eigenvalue weighted by Gasteiger charge is 2.09. The van der Waals surface area contributed by atoms with Gasteiger partial charge in [0.2, 0.25) is 0 Å². The van der Waals surface area contributed by atoms with Crippen LogP contribution in [-0.4, -0.2) is 30.9 Å². The number of aromatic nitrogens is 1. The first kappa shape index (κ1) is 13.3. The van der Waals surface area contributed by atoms with Gasteiger partial charge in [-0.05, 0) is 13.0 Å². The Labute approximate surface area is 114 Å². The average Bonchev–Trinajstić information content (AvgIpc) is 2.79. The second-order valence-electron chi connectivity index (χ2n) is 3.62. The SMILES string of the molecule is CCNC(=O)Nc1nc2cccc(/C=N/OC)c2s1. The molecule has 0 aliphatic rings. The fraction of sp³-hybridized carbons (Fsp3) is 0.250. The van der Waals surface area contributed by atoms with Crippen molar-refractivity contribution in [2.75, 3.05) is 19.0 Å². The number of thiazole rings is 1. The molecular weight excluding hydrogens is 264 g/mol. The third-order valence-corrected chi connectivity index (χ3v) is 3.34. The maximum atomic E-state index is 11.4. The summed E-state index contributed by atoms with van der Waals surface area (Å²) in [4.78, 5) is 20.5. The highest BCUT2D eigenvalue weighted by molar-refractivity contribution is 7.22. The number of anilines is 1. The highest BCUT2D eigenvalue weighted by Crippen LogP contribution is 2.28. The van der Waals surface area contributed by atoms with E-state index in [0.29, 0.717) is 11.7 Å². The third-order valence-electron chi connectivity index (χ3n) is 2.30. The predicted octanol–water partition coefficient (Wildman–Crippen LogP) is 2.42. The molecule has 19 heavy (non-hydrogen) atoms. The number of fused-ring (bicyclic) bond motifs is 1. The number of rotatable bonds is 4. The summed E-state index contributed by atoms with van der Waals surface area (Å²) in [5, 5.41) is 9.66. The lowest BCUT2D eigenvalue weighted by atomic mass is 10.2. The number of hydrogen-bond donors (Lipinski definition) is 2. The van der Waals surface area contributed by atoms with E-state index in [0.717, 1.165) is 15.8 Å². The molecule has 100 valence electrons. The molecular formula is C12H14N4O2S. The van der Waals surface area contributed by atoms with Gasteiger partial charge in [0.1, 0.15) is 7.11 Å². The molecule has 2 N–H and O–H groups in total. The summed E-state index contributed by atoms with van der Waals surface area (Å²) < 4.78 is 0.954. The van der Waals surface area contributed by atoms with Gasteiger partial charge < -0.3 is 10.2 Å². The first-order valence-electron chi connectivity index (χ1n) is 5.75. The molecule has 0 aliphatic carbocycles. The van der Waals surface area contributed by atoms with E-state index in [1.165, 1.54) is 18.4 Å². The van der Waals surface area contributed by atoms with Crippen LogP contribution in [0.1, 0.15) is 12.5 Å². The van der Waals surface area contributed by atoms with Gasteiger partial charge in [-0.25, -0.2) is 9.78 Å². The Balaban J connectivity index is 2.29. The van der Waals surface area contributed by atoms with Gasteiger partial charge in [-0.15, -0.1) is 0 Å². The second kappa shape index (κ2) is 6.14. The van der Waals surface area contributed by atoms with Crippen molar-refractivity contribution in [2.45, 2.75) is 6.92 Å². The lowest BCUT2D eigenvalue weighted by molar-refractivity contribution is 0.215. The molecule has 7 heteroatoms. The molecule has 0 saturated heterocycles. The average molecular weight is 278 g/mol. The number of hydrogen-bond acceptors (Lipinski definition) is 5. The predicted molar refractivity (Wildman–Crippen MR) is 76.9 cm³/mol. The van der Waals surface area contributed by atoms with Gasteiger partial charge in [0.05, 0.1) is 16.4 Å². The molecule has 0 saturated carbocycles. The van der Waals surface area contributed by atoms with Crippen LogP contribution in [0.3, 0.4) is 0 Å². The molecule has 2 aromatic rings. The van der Waals surface area contributed by atoms with Crippen LogP contribution in [0, 0.1) is 0 Å². The van der Waals surface area contributed by atoms with Crippen LogP contribution in [0.15, 0.2) is 23.4 Å². The maximum Gasteiger partial charge on any atom is 0.321 e. The molecule has 0 atom stereocenters. The van der Waals surface area contributed by atoms with Crippen molar-refractivity contribution in [1.29, 1.82) is 0 Å². The van der Waals surface area contributed by atoms with Crippen molar-refractivity contribution < 1.29 is 9.63 Å². The van der Waals surface area contributed by atoms with Crippen molar-refractivity contribution in [3.05, 3.63) is 23.8 Å². The Hall–Kier alpha value is -2.15. The van der Waals surface area contributed by atoms with Crippen LogP contribution in [0.2, 0.25) is 0 Å². The standard InChI is InChI=1S/C12H14N4O2S/c1-3-13-11(17)16-12-15-9-6-4-5-8(7-14-18-2)10(9)19-12/h4-7H,3H2,1-2H3,(H2,13,15,16,17)/b14-7+. The number of urea groups is 1. The number of nitrogens with zero attached hydrogens (tertiary/aromatic N) is 2. The minimum atomic E-state index is -0.256. The molecule has 0 unspecified atom stereocenters. The molecule has 0 spiro atoms. The van der Waals surface area contributed by atoms with Crippen molar-refractivity contribution in [3.8, 4) is 0 Å². The molecule has 6 nitrogen and oxygen atoms in total. The van der Waals surface area contributed by atoms with Crippen molar-refractivity contribution in [1.82, 2.24) is 10.3 Å². The summed E-state index contributed by atoms with van der Waals surface area (Å²) in [7, 11) is 1.49. The number of amides is 2. The molecule has 2 rings (SSSR count). The van der Waals surface area contributed by atoms with Gasteiger partial charge in [-0.1, -0.05) is 28.6 Å². The van der Waals surface area contributed by atoms with Crippen molar-refractivity contribution in [2.24, 2.45) is 5.16 Å². The second-order valence-corrected chi connectivity index (χ2v) is 4.62. The summed E-state index contributed by atoms with van der Waals surface area (Å²) in [6.45, 7) is 2.43. The molecule has 0 radical (unpaired) electrons. The van der Waals surface area contributed by atoms with Gasteiger partial charge in [0, 0.05) is 12.1 Å². The van der Waals surface area contributed by atoms with Crippen LogP contribution >= 0.6 is 11.3 Å². The van der Waals surface area contributed by atoms with E-state index < -0.39 is 0 Å². The van der Waals surface area contributed by atoms with E-state index in [2.05, 4.69) is 25.6 Å². The minimum Gasteiger partial charge on any atom is -0.399 e. The molecule has 0 bridgehead atoms. The summed E-state index contributed by atoms with van der Waals surface area (Å²) in [6, 6.07) is 5.43. The van der Waals surface area contributed by atoms with Gasteiger partial charge in [0.25, 0.3) is 0 Å². The molecule has 2 amide bonds. The van der Waals surface area contributed by atoms with Crippen LogP contribution in [0.25, 0.3) is 10.2 Å². The number of oxime groups is 1. The van der Waals surface area contributed by atoms with Crippen LogP contribution in [-0.2, 0) is 4.84 Å². The van der Waals surface area contributed by atoms with Crippen LogP contribution < -0.4 is 10.6 Å². The quantitative estimate of drug-likeness (QED) is 0.666. The van der Waals surface area contributed by atoms with Crippen molar-refractivity contribution >= 4 is 38.9 Å². The first-order valence-corrected chi connectivity index (χ1v) is 6.57. The van der Waals surface area contributed by atoms with Crippen LogP contribution in [0.4, 0.5) is 9.93 Å². The first-order chi connectivity index (χ1) is 9.24. The van der Waals surface area contributed by atoms with E-state index >= 15 is 0 Å². The zero-order valence-corrected chi connectivity index (χ0v) is 11.5. The summed E-state index contributed by atoms with van der Waals surface area (Å²) in [6.07, 6.45) is 1.62. The summed E-state index contributed by atoms with van der Waals surface area (Å²) in [5.41, 5.74) is 1.72. The molecule has 1 aromatic carbocycles. The Bertz CT molecular complexity index is 609. The number of benzene rings is 1. The Morgan fingerprint density at radius 3 is 3.16 bits per heavy atom. The van der Waals surface area contributed by atoms with Gasteiger partial charge in [-0.3, -0.25) is 5.32 Å².